The van der Waals surface area contributed by atoms with Gasteiger partial charge in [-0.3, -0.25) is 4.79 Å². The van der Waals surface area contributed by atoms with E-state index >= 15 is 0 Å². The third kappa shape index (κ3) is 4.79. The standard InChI is InChI=1S/C21H26N2O4S/c1-2-7-20(17-8-4-3-5-9-17)21(24)22-18-10-6-11-19(16-18)28(25,26)23-12-14-27-15-13-23/h3-6,8-11,16,20H,2,7,12-15H2,1H3,(H,22,24)/t20-/m0/s1. The van der Waals surface area contributed by atoms with Crippen molar-refractivity contribution in [1.29, 1.82) is 0 Å². The van der Waals surface area contributed by atoms with Crippen LogP contribution in [-0.2, 0) is 19.6 Å². The van der Waals surface area contributed by atoms with Gasteiger partial charge in [-0.15, -0.1) is 0 Å². The lowest BCUT2D eigenvalue weighted by atomic mass is 9.93. The molecule has 1 saturated heterocycles. The van der Waals surface area contributed by atoms with Gasteiger partial charge >= 0.3 is 0 Å². The van der Waals surface area contributed by atoms with Crippen molar-refractivity contribution in [3.8, 4) is 0 Å². The predicted octanol–water partition coefficient (Wildman–Crippen LogP) is 3.23. The molecule has 1 amide bonds. The van der Waals surface area contributed by atoms with Crippen molar-refractivity contribution < 1.29 is 17.9 Å². The van der Waals surface area contributed by atoms with Crippen LogP contribution in [0, 0.1) is 0 Å². The van der Waals surface area contributed by atoms with Crippen LogP contribution in [0.3, 0.4) is 0 Å². The molecule has 1 atom stereocenters. The van der Waals surface area contributed by atoms with Gasteiger partial charge in [0, 0.05) is 18.8 Å². The molecule has 6 nitrogen and oxygen atoms in total. The minimum absolute atomic E-state index is 0.131. The summed E-state index contributed by atoms with van der Waals surface area (Å²) in [6.45, 7) is 3.51. The number of amides is 1. The zero-order chi connectivity index (χ0) is 20.0. The average molecular weight is 403 g/mol. The molecule has 2 aromatic rings. The number of carbonyl (C=O) groups is 1. The van der Waals surface area contributed by atoms with E-state index in [4.69, 9.17) is 4.74 Å². The lowest BCUT2D eigenvalue weighted by molar-refractivity contribution is -0.117. The Balaban J connectivity index is 1.79. The molecule has 0 spiro atoms. The first-order valence-corrected chi connectivity index (χ1v) is 11.0. The Bertz CT molecular complexity index is 894. The second kappa shape index (κ2) is 9.32. The van der Waals surface area contributed by atoms with E-state index in [1.807, 2.05) is 37.3 Å². The Morgan fingerprint density at radius 3 is 2.50 bits per heavy atom. The molecule has 3 rings (SSSR count). The number of ether oxygens (including phenoxy) is 1. The van der Waals surface area contributed by atoms with Crippen LogP contribution in [0.25, 0.3) is 0 Å². The molecule has 1 aliphatic heterocycles. The second-order valence-electron chi connectivity index (χ2n) is 6.79. The number of hydrogen-bond acceptors (Lipinski definition) is 4. The molecule has 28 heavy (non-hydrogen) atoms. The first kappa shape index (κ1) is 20.5. The van der Waals surface area contributed by atoms with Gasteiger partial charge in [0.05, 0.1) is 24.0 Å². The summed E-state index contributed by atoms with van der Waals surface area (Å²) in [7, 11) is -3.60. The van der Waals surface area contributed by atoms with Gasteiger partial charge in [0.15, 0.2) is 0 Å². The molecule has 7 heteroatoms. The number of sulfonamides is 1. The number of morpholine rings is 1. The number of nitrogens with zero attached hydrogens (tertiary/aromatic N) is 1. The highest BCUT2D eigenvalue weighted by Gasteiger charge is 2.27. The molecule has 1 N–H and O–H groups in total. The maximum absolute atomic E-state index is 12.9. The van der Waals surface area contributed by atoms with Crippen LogP contribution < -0.4 is 5.32 Å². The second-order valence-corrected chi connectivity index (χ2v) is 8.72. The third-order valence-electron chi connectivity index (χ3n) is 4.81. The van der Waals surface area contributed by atoms with Crippen LogP contribution in [0.15, 0.2) is 59.5 Å². The normalized spacial score (nSPS) is 16.5. The van der Waals surface area contributed by atoms with E-state index in [0.29, 0.717) is 32.0 Å². The van der Waals surface area contributed by atoms with Gasteiger partial charge < -0.3 is 10.1 Å². The molecule has 1 aliphatic rings. The number of anilines is 1. The largest absolute Gasteiger partial charge is 0.379 e. The highest BCUT2D eigenvalue weighted by atomic mass is 32.2. The summed E-state index contributed by atoms with van der Waals surface area (Å²) >= 11 is 0. The summed E-state index contributed by atoms with van der Waals surface area (Å²) in [5.74, 6) is -0.403. The minimum atomic E-state index is -3.60. The average Bonchev–Trinajstić information content (AvgIpc) is 2.73. The first-order chi connectivity index (χ1) is 13.5. The van der Waals surface area contributed by atoms with Gasteiger partial charge in [-0.1, -0.05) is 49.7 Å². The Morgan fingerprint density at radius 1 is 1.11 bits per heavy atom. The number of rotatable bonds is 7. The first-order valence-electron chi connectivity index (χ1n) is 9.56. The van der Waals surface area contributed by atoms with Gasteiger partial charge in [-0.2, -0.15) is 4.31 Å². The molecule has 0 radical (unpaired) electrons. The van der Waals surface area contributed by atoms with Crippen molar-refractivity contribution in [2.75, 3.05) is 31.6 Å². The maximum atomic E-state index is 12.9. The SMILES string of the molecule is CCC[C@H](C(=O)Nc1cccc(S(=O)(=O)N2CCOCC2)c1)c1ccccc1. The van der Waals surface area contributed by atoms with Crippen LogP contribution in [0.4, 0.5) is 5.69 Å². The van der Waals surface area contributed by atoms with Crippen LogP contribution in [0.2, 0.25) is 0 Å². The molecular formula is C21H26N2O4S. The van der Waals surface area contributed by atoms with Crippen LogP contribution in [0.1, 0.15) is 31.2 Å². The van der Waals surface area contributed by atoms with Gasteiger partial charge in [-0.05, 0) is 30.2 Å². The quantitative estimate of drug-likeness (QED) is 0.771. The van der Waals surface area contributed by atoms with Crippen molar-refractivity contribution in [3.63, 3.8) is 0 Å². The van der Waals surface area contributed by atoms with Crippen molar-refractivity contribution >= 4 is 21.6 Å². The Morgan fingerprint density at radius 2 is 1.82 bits per heavy atom. The minimum Gasteiger partial charge on any atom is -0.379 e. The smallest absolute Gasteiger partial charge is 0.243 e. The van der Waals surface area contributed by atoms with Crippen LogP contribution in [-0.4, -0.2) is 44.9 Å². The molecule has 0 unspecified atom stereocenters. The maximum Gasteiger partial charge on any atom is 0.243 e. The summed E-state index contributed by atoms with van der Waals surface area (Å²) in [6, 6.07) is 16.1. The van der Waals surface area contributed by atoms with E-state index in [2.05, 4.69) is 5.32 Å². The van der Waals surface area contributed by atoms with E-state index in [0.717, 1.165) is 18.4 Å². The lowest BCUT2D eigenvalue weighted by Gasteiger charge is -2.26. The number of carbonyl (C=O) groups excluding carboxylic acids is 1. The molecule has 0 saturated carbocycles. The monoisotopic (exact) mass is 402 g/mol. The van der Waals surface area contributed by atoms with Gasteiger partial charge in [-0.25, -0.2) is 8.42 Å². The fourth-order valence-electron chi connectivity index (χ4n) is 3.32. The summed E-state index contributed by atoms with van der Waals surface area (Å²) < 4.78 is 32.3. The van der Waals surface area contributed by atoms with Gasteiger partial charge in [0.2, 0.25) is 15.9 Å². The van der Waals surface area contributed by atoms with Crippen molar-refractivity contribution in [2.24, 2.45) is 0 Å². The van der Waals surface area contributed by atoms with Gasteiger partial charge in [0.1, 0.15) is 0 Å². The summed E-state index contributed by atoms with van der Waals surface area (Å²) in [6.07, 6.45) is 1.60. The molecule has 0 aliphatic carbocycles. The summed E-state index contributed by atoms with van der Waals surface area (Å²) in [5.41, 5.74) is 1.44. The number of nitrogens with one attached hydrogen (secondary N) is 1. The highest BCUT2D eigenvalue weighted by molar-refractivity contribution is 7.89. The third-order valence-corrected chi connectivity index (χ3v) is 6.70. The number of hydrogen-bond donors (Lipinski definition) is 1. The van der Waals surface area contributed by atoms with Crippen molar-refractivity contribution in [2.45, 2.75) is 30.6 Å². The van der Waals surface area contributed by atoms with E-state index in [-0.39, 0.29) is 16.7 Å². The van der Waals surface area contributed by atoms with Crippen molar-refractivity contribution in [1.82, 2.24) is 4.31 Å². The fraction of sp³-hybridized carbons (Fsp3) is 0.381. The zero-order valence-electron chi connectivity index (χ0n) is 16.0. The summed E-state index contributed by atoms with van der Waals surface area (Å²) in [4.78, 5) is 13.1. The van der Waals surface area contributed by atoms with E-state index < -0.39 is 10.0 Å². The Kier molecular flexibility index (Phi) is 6.83. The summed E-state index contributed by atoms with van der Waals surface area (Å²) in [5, 5.41) is 2.89. The molecular weight excluding hydrogens is 376 g/mol. The molecule has 0 aromatic heterocycles. The molecule has 1 heterocycles. The molecule has 150 valence electrons. The van der Waals surface area contributed by atoms with Crippen LogP contribution in [0.5, 0.6) is 0 Å². The molecule has 0 bridgehead atoms. The van der Waals surface area contributed by atoms with Gasteiger partial charge in [0.25, 0.3) is 0 Å². The zero-order valence-corrected chi connectivity index (χ0v) is 16.8. The van der Waals surface area contributed by atoms with E-state index in [9.17, 15) is 13.2 Å². The van der Waals surface area contributed by atoms with E-state index in [1.54, 1.807) is 18.2 Å². The Hall–Kier alpha value is -2.22. The molecule has 1 fully saturated rings. The Labute approximate surface area is 166 Å². The fourth-order valence-corrected chi connectivity index (χ4v) is 4.78. The van der Waals surface area contributed by atoms with E-state index in [1.165, 1.54) is 10.4 Å². The highest BCUT2D eigenvalue weighted by Crippen LogP contribution is 2.25. The predicted molar refractivity (Wildman–Crippen MR) is 109 cm³/mol. The van der Waals surface area contributed by atoms with Crippen LogP contribution >= 0.6 is 0 Å². The van der Waals surface area contributed by atoms with Crippen molar-refractivity contribution in [3.05, 3.63) is 60.2 Å². The number of benzene rings is 2. The molecule has 2 aromatic carbocycles. The topological polar surface area (TPSA) is 75.7 Å². The lowest BCUT2D eigenvalue weighted by Crippen LogP contribution is -2.40.